The highest BCUT2D eigenvalue weighted by atomic mass is 35.5. The van der Waals surface area contributed by atoms with Crippen molar-refractivity contribution in [3.05, 3.63) is 0 Å². The van der Waals surface area contributed by atoms with Gasteiger partial charge in [0.25, 0.3) is 0 Å². The Labute approximate surface area is 79.2 Å². The molecule has 0 aromatic heterocycles. The van der Waals surface area contributed by atoms with Gasteiger partial charge >= 0.3 is 5.43 Å². The lowest BCUT2D eigenvalue weighted by Gasteiger charge is -2.09. The third kappa shape index (κ3) is 7.86. The highest BCUT2D eigenvalue weighted by Crippen LogP contribution is 2.11. The molecule has 0 fully saturated rings. The van der Waals surface area contributed by atoms with Crippen LogP contribution in [0.15, 0.2) is 0 Å². The molecular weight excluding hydrogens is 176 g/mol. The van der Waals surface area contributed by atoms with E-state index in [0.29, 0.717) is 12.5 Å². The van der Waals surface area contributed by atoms with Crippen LogP contribution in [0.3, 0.4) is 0 Å². The number of ether oxygens (including phenoxy) is 1. The second kappa shape index (κ2) is 7.41. The van der Waals surface area contributed by atoms with Crippen LogP contribution in [-0.4, -0.2) is 12.0 Å². The van der Waals surface area contributed by atoms with E-state index in [1.165, 1.54) is 19.3 Å². The fourth-order valence-corrected chi connectivity index (χ4v) is 1.11. The van der Waals surface area contributed by atoms with Crippen molar-refractivity contribution in [3.63, 3.8) is 0 Å². The van der Waals surface area contributed by atoms with E-state index in [-0.39, 0.29) is 0 Å². The first-order valence-electron chi connectivity index (χ1n) is 4.49. The molecular formula is C9H17ClO2. The molecule has 0 aliphatic heterocycles. The van der Waals surface area contributed by atoms with E-state index in [0.717, 1.165) is 6.42 Å². The molecule has 0 amide bonds. The van der Waals surface area contributed by atoms with Gasteiger partial charge in [-0.3, -0.25) is 0 Å². The van der Waals surface area contributed by atoms with Crippen molar-refractivity contribution in [3.8, 4) is 0 Å². The summed E-state index contributed by atoms with van der Waals surface area (Å²) in [6.07, 6.45) is 4.59. The van der Waals surface area contributed by atoms with Gasteiger partial charge in [0.05, 0.1) is 6.61 Å². The van der Waals surface area contributed by atoms with E-state index in [1.807, 2.05) is 0 Å². The van der Waals surface area contributed by atoms with E-state index in [4.69, 9.17) is 11.6 Å². The highest BCUT2D eigenvalue weighted by molar-refractivity contribution is 6.61. The molecule has 12 heavy (non-hydrogen) atoms. The van der Waals surface area contributed by atoms with E-state index in [9.17, 15) is 4.79 Å². The largest absolute Gasteiger partial charge is 0.454 e. The SMILES string of the molecule is CCCCC(C)CCOC(=O)Cl. The quantitative estimate of drug-likeness (QED) is 0.602. The van der Waals surface area contributed by atoms with Crippen molar-refractivity contribution in [2.24, 2.45) is 5.92 Å². The van der Waals surface area contributed by atoms with Crippen LogP contribution in [-0.2, 0) is 4.74 Å². The van der Waals surface area contributed by atoms with E-state index in [2.05, 4.69) is 18.6 Å². The Morgan fingerprint density at radius 3 is 2.67 bits per heavy atom. The molecule has 3 heteroatoms. The number of rotatable bonds is 6. The van der Waals surface area contributed by atoms with Gasteiger partial charge < -0.3 is 4.74 Å². The zero-order chi connectivity index (χ0) is 9.40. The minimum absolute atomic E-state index is 0.452. The lowest BCUT2D eigenvalue weighted by molar-refractivity contribution is 0.165. The predicted molar refractivity (Wildman–Crippen MR) is 50.5 cm³/mol. The molecule has 0 saturated heterocycles. The van der Waals surface area contributed by atoms with E-state index >= 15 is 0 Å². The molecule has 1 unspecified atom stereocenters. The summed E-state index contributed by atoms with van der Waals surface area (Å²) in [4.78, 5) is 10.2. The Hall–Kier alpha value is -0.240. The van der Waals surface area contributed by atoms with Crippen LogP contribution in [0, 0.1) is 5.92 Å². The molecule has 0 N–H and O–H groups in total. The Balaban J connectivity index is 3.19. The molecule has 0 aromatic rings. The number of hydrogen-bond donors (Lipinski definition) is 0. The van der Waals surface area contributed by atoms with Crippen molar-refractivity contribution in [2.75, 3.05) is 6.61 Å². The van der Waals surface area contributed by atoms with Crippen molar-refractivity contribution >= 4 is 17.0 Å². The maximum atomic E-state index is 10.2. The van der Waals surface area contributed by atoms with Gasteiger partial charge in [0, 0.05) is 11.6 Å². The zero-order valence-electron chi connectivity index (χ0n) is 7.81. The average molecular weight is 193 g/mol. The monoisotopic (exact) mass is 192 g/mol. The molecule has 0 aromatic carbocycles. The maximum Gasteiger partial charge on any atom is 0.403 e. The van der Waals surface area contributed by atoms with Gasteiger partial charge in [0.1, 0.15) is 0 Å². The van der Waals surface area contributed by atoms with Gasteiger partial charge in [0.15, 0.2) is 0 Å². The van der Waals surface area contributed by atoms with Gasteiger partial charge in [-0.15, -0.1) is 0 Å². The summed E-state index contributed by atoms with van der Waals surface area (Å²) >= 11 is 5.00. The molecule has 0 rings (SSSR count). The van der Waals surface area contributed by atoms with Crippen molar-refractivity contribution in [2.45, 2.75) is 39.5 Å². The maximum absolute atomic E-state index is 10.2. The normalized spacial score (nSPS) is 12.6. The summed E-state index contributed by atoms with van der Waals surface area (Å²) < 4.78 is 4.62. The summed E-state index contributed by atoms with van der Waals surface area (Å²) in [5.74, 6) is 0.626. The molecule has 0 saturated carbocycles. The fourth-order valence-electron chi connectivity index (χ4n) is 1.04. The van der Waals surface area contributed by atoms with Gasteiger partial charge in [-0.25, -0.2) is 4.79 Å². The molecule has 0 spiro atoms. The third-order valence-corrected chi connectivity index (χ3v) is 1.99. The smallest absolute Gasteiger partial charge is 0.403 e. The third-order valence-electron chi connectivity index (χ3n) is 1.88. The molecule has 0 radical (unpaired) electrons. The first-order valence-corrected chi connectivity index (χ1v) is 4.86. The molecule has 0 heterocycles. The minimum atomic E-state index is -0.697. The Morgan fingerprint density at radius 2 is 2.17 bits per heavy atom. The van der Waals surface area contributed by atoms with Gasteiger partial charge in [-0.1, -0.05) is 33.1 Å². The van der Waals surface area contributed by atoms with Crippen LogP contribution < -0.4 is 0 Å². The standard InChI is InChI=1S/C9H17ClO2/c1-3-4-5-8(2)6-7-12-9(10)11/h8H,3-7H2,1-2H3. The Kier molecular flexibility index (Phi) is 7.26. The second-order valence-electron chi connectivity index (χ2n) is 3.12. The zero-order valence-corrected chi connectivity index (χ0v) is 8.56. The fraction of sp³-hybridized carbons (Fsp3) is 0.889. The summed E-state index contributed by atoms with van der Waals surface area (Å²) in [5, 5.41) is 0. The van der Waals surface area contributed by atoms with Gasteiger partial charge in [0.2, 0.25) is 0 Å². The van der Waals surface area contributed by atoms with E-state index in [1.54, 1.807) is 0 Å². The number of hydrogen-bond acceptors (Lipinski definition) is 2. The number of halogens is 1. The first kappa shape index (κ1) is 11.8. The highest BCUT2D eigenvalue weighted by Gasteiger charge is 2.02. The molecule has 0 aliphatic rings. The summed E-state index contributed by atoms with van der Waals surface area (Å²) in [6, 6.07) is 0. The number of unbranched alkanes of at least 4 members (excludes halogenated alkanes) is 1. The predicted octanol–water partition coefficient (Wildman–Crippen LogP) is 3.58. The van der Waals surface area contributed by atoms with Crippen molar-refractivity contribution in [1.82, 2.24) is 0 Å². The second-order valence-corrected chi connectivity index (χ2v) is 3.43. The van der Waals surface area contributed by atoms with Crippen LogP contribution in [0.1, 0.15) is 39.5 Å². The number of carbonyl (C=O) groups excluding carboxylic acids is 1. The summed E-state index contributed by atoms with van der Waals surface area (Å²) in [7, 11) is 0. The number of carbonyl (C=O) groups is 1. The molecule has 0 bridgehead atoms. The van der Waals surface area contributed by atoms with Crippen molar-refractivity contribution in [1.29, 1.82) is 0 Å². The van der Waals surface area contributed by atoms with Crippen LogP contribution >= 0.6 is 11.6 Å². The minimum Gasteiger partial charge on any atom is -0.454 e. The van der Waals surface area contributed by atoms with Gasteiger partial charge in [-0.05, 0) is 12.3 Å². The average Bonchev–Trinajstić information content (AvgIpc) is 2.00. The summed E-state index contributed by atoms with van der Waals surface area (Å²) in [6.45, 7) is 4.79. The lowest BCUT2D eigenvalue weighted by atomic mass is 10.0. The molecule has 0 aliphatic carbocycles. The Bertz CT molecular complexity index is 126. The van der Waals surface area contributed by atoms with Crippen LogP contribution in [0.5, 0.6) is 0 Å². The van der Waals surface area contributed by atoms with Crippen molar-refractivity contribution < 1.29 is 9.53 Å². The molecule has 1 atom stereocenters. The topological polar surface area (TPSA) is 26.3 Å². The van der Waals surface area contributed by atoms with Crippen LogP contribution in [0.4, 0.5) is 4.79 Å². The first-order chi connectivity index (χ1) is 5.66. The Morgan fingerprint density at radius 1 is 1.50 bits per heavy atom. The van der Waals surface area contributed by atoms with Crippen LogP contribution in [0.2, 0.25) is 0 Å². The van der Waals surface area contributed by atoms with Crippen LogP contribution in [0.25, 0.3) is 0 Å². The lowest BCUT2D eigenvalue weighted by Crippen LogP contribution is -2.03. The molecule has 2 nitrogen and oxygen atoms in total. The van der Waals surface area contributed by atoms with E-state index < -0.39 is 5.43 Å². The summed E-state index contributed by atoms with van der Waals surface area (Å²) in [5.41, 5.74) is -0.697. The van der Waals surface area contributed by atoms with Gasteiger partial charge in [-0.2, -0.15) is 0 Å². The molecule has 72 valence electrons.